The molecule has 0 atom stereocenters. The van der Waals surface area contributed by atoms with Gasteiger partial charge in [0.15, 0.2) is 0 Å². The van der Waals surface area contributed by atoms with Crippen LogP contribution in [0.3, 0.4) is 0 Å². The summed E-state index contributed by atoms with van der Waals surface area (Å²) in [4.78, 5) is 0. The summed E-state index contributed by atoms with van der Waals surface area (Å²) in [5, 5.41) is 0.862. The van der Waals surface area contributed by atoms with Crippen LogP contribution in [0.15, 0.2) is 34.9 Å². The van der Waals surface area contributed by atoms with Crippen molar-refractivity contribution in [3.05, 3.63) is 34.9 Å². The third-order valence-corrected chi connectivity index (χ3v) is 2.27. The molecule has 0 nitrogen and oxygen atoms in total. The van der Waals surface area contributed by atoms with Gasteiger partial charge in [-0.3, -0.25) is 0 Å². The third kappa shape index (κ3) is 2.86. The topological polar surface area (TPSA) is 0 Å². The second-order valence-electron chi connectivity index (χ2n) is 3.36. The largest absolute Gasteiger partial charge is 0.0847 e. The molecule has 0 aromatic rings. The van der Waals surface area contributed by atoms with E-state index < -0.39 is 0 Å². The van der Waals surface area contributed by atoms with E-state index in [0.717, 1.165) is 17.9 Å². The highest BCUT2D eigenvalue weighted by molar-refractivity contribution is 6.31. The highest BCUT2D eigenvalue weighted by atomic mass is 35.5. The monoisotopic (exact) mass is 182 g/mol. The van der Waals surface area contributed by atoms with Crippen LogP contribution in [0.25, 0.3) is 0 Å². The minimum absolute atomic E-state index is 0.601. The van der Waals surface area contributed by atoms with Crippen molar-refractivity contribution in [3.8, 4) is 0 Å². The van der Waals surface area contributed by atoms with Gasteiger partial charge in [0.2, 0.25) is 0 Å². The second-order valence-corrected chi connectivity index (χ2v) is 3.79. The highest BCUT2D eigenvalue weighted by Crippen LogP contribution is 2.18. The van der Waals surface area contributed by atoms with Gasteiger partial charge < -0.3 is 0 Å². The molecule has 0 saturated carbocycles. The van der Waals surface area contributed by atoms with Gasteiger partial charge in [0.05, 0.1) is 0 Å². The molecule has 1 heteroatoms. The standard InChI is InChI=1S/C11H15Cl/c1-9(2)10-5-3-4-6-11(12)8-7-10/h5-9H,3-4H2,1-2H3/b8-7-,10-5+,11-6?. The predicted octanol–water partition coefficient (Wildman–Crippen LogP) is 4.04. The number of halogens is 1. The van der Waals surface area contributed by atoms with Gasteiger partial charge in [0.25, 0.3) is 0 Å². The smallest absolute Gasteiger partial charge is 0.0366 e. The van der Waals surface area contributed by atoms with Gasteiger partial charge in [-0.1, -0.05) is 43.7 Å². The number of allylic oxidation sites excluding steroid dienone is 6. The average molecular weight is 183 g/mol. The van der Waals surface area contributed by atoms with Gasteiger partial charge in [-0.25, -0.2) is 0 Å². The lowest BCUT2D eigenvalue weighted by Gasteiger charge is -2.07. The zero-order chi connectivity index (χ0) is 8.97. The molecule has 0 heterocycles. The summed E-state index contributed by atoms with van der Waals surface area (Å²) in [7, 11) is 0. The Labute approximate surface area is 79.6 Å². The van der Waals surface area contributed by atoms with Crippen LogP contribution in [0.1, 0.15) is 26.7 Å². The van der Waals surface area contributed by atoms with Gasteiger partial charge in [0.1, 0.15) is 0 Å². The molecular weight excluding hydrogens is 168 g/mol. The van der Waals surface area contributed by atoms with Gasteiger partial charge in [0, 0.05) is 5.03 Å². The van der Waals surface area contributed by atoms with Gasteiger partial charge in [-0.05, 0) is 30.4 Å². The zero-order valence-electron chi connectivity index (χ0n) is 7.68. The summed E-state index contributed by atoms with van der Waals surface area (Å²) in [5.74, 6) is 0.601. The highest BCUT2D eigenvalue weighted by Gasteiger charge is 2.00. The minimum atomic E-state index is 0.601. The predicted molar refractivity (Wildman–Crippen MR) is 55.2 cm³/mol. The summed E-state index contributed by atoms with van der Waals surface area (Å²) < 4.78 is 0. The maximum atomic E-state index is 5.91. The van der Waals surface area contributed by atoms with Crippen molar-refractivity contribution in [2.45, 2.75) is 26.7 Å². The Morgan fingerprint density at radius 3 is 2.50 bits per heavy atom. The Morgan fingerprint density at radius 1 is 1.17 bits per heavy atom. The SMILES string of the molecule is CC(C)C1=C/CCC=C(Cl)/C=C\1. The molecule has 0 radical (unpaired) electrons. The maximum Gasteiger partial charge on any atom is 0.0366 e. The van der Waals surface area contributed by atoms with Crippen LogP contribution in [0, 0.1) is 5.92 Å². The molecule has 1 aliphatic rings. The molecule has 12 heavy (non-hydrogen) atoms. The molecule has 0 aromatic carbocycles. The Balaban J connectivity index is 2.77. The molecule has 0 aromatic heterocycles. The maximum absolute atomic E-state index is 5.91. The van der Waals surface area contributed by atoms with E-state index in [4.69, 9.17) is 11.6 Å². The summed E-state index contributed by atoms with van der Waals surface area (Å²) >= 11 is 5.91. The van der Waals surface area contributed by atoms with E-state index in [-0.39, 0.29) is 0 Å². The van der Waals surface area contributed by atoms with Gasteiger partial charge >= 0.3 is 0 Å². The van der Waals surface area contributed by atoms with Crippen LogP contribution in [0.5, 0.6) is 0 Å². The summed E-state index contributed by atoms with van der Waals surface area (Å²) in [6, 6.07) is 0. The Morgan fingerprint density at radius 2 is 1.83 bits per heavy atom. The van der Waals surface area contributed by atoms with Crippen molar-refractivity contribution >= 4 is 11.6 Å². The molecule has 0 aliphatic heterocycles. The fraction of sp³-hybridized carbons (Fsp3) is 0.455. The first kappa shape index (κ1) is 9.60. The van der Waals surface area contributed by atoms with E-state index >= 15 is 0 Å². The first-order valence-electron chi connectivity index (χ1n) is 4.44. The molecule has 0 saturated heterocycles. The van der Waals surface area contributed by atoms with Crippen LogP contribution in [-0.4, -0.2) is 0 Å². The summed E-state index contributed by atoms with van der Waals surface area (Å²) in [5.41, 5.74) is 1.39. The Kier molecular flexibility index (Phi) is 3.61. The third-order valence-electron chi connectivity index (χ3n) is 1.99. The molecule has 0 bridgehead atoms. The summed E-state index contributed by atoms with van der Waals surface area (Å²) in [6.07, 6.45) is 10.6. The van der Waals surface area contributed by atoms with Crippen LogP contribution in [0.4, 0.5) is 0 Å². The number of rotatable bonds is 1. The van der Waals surface area contributed by atoms with E-state index in [0.29, 0.717) is 5.92 Å². The van der Waals surface area contributed by atoms with Crippen molar-refractivity contribution < 1.29 is 0 Å². The quantitative estimate of drug-likeness (QED) is 0.574. The second kappa shape index (κ2) is 4.51. The lowest BCUT2D eigenvalue weighted by molar-refractivity contribution is 0.781. The first-order chi connectivity index (χ1) is 5.70. The lowest BCUT2D eigenvalue weighted by atomic mass is 10.00. The zero-order valence-corrected chi connectivity index (χ0v) is 8.43. The van der Waals surface area contributed by atoms with E-state index in [2.05, 4.69) is 32.1 Å². The number of hydrogen-bond acceptors (Lipinski definition) is 0. The fourth-order valence-corrected chi connectivity index (χ4v) is 1.38. The molecule has 1 rings (SSSR count). The van der Waals surface area contributed by atoms with Crippen molar-refractivity contribution in [1.29, 1.82) is 0 Å². The van der Waals surface area contributed by atoms with Crippen molar-refractivity contribution in [3.63, 3.8) is 0 Å². The van der Waals surface area contributed by atoms with Crippen LogP contribution in [0.2, 0.25) is 0 Å². The molecule has 0 N–H and O–H groups in total. The average Bonchev–Trinajstić information content (AvgIpc) is 1.97. The normalized spacial score (nSPS) is 25.3. The van der Waals surface area contributed by atoms with E-state index in [9.17, 15) is 0 Å². The first-order valence-corrected chi connectivity index (χ1v) is 4.81. The fourth-order valence-electron chi connectivity index (χ4n) is 1.21. The molecule has 66 valence electrons. The van der Waals surface area contributed by atoms with E-state index in [1.807, 2.05) is 6.08 Å². The molecule has 1 aliphatic carbocycles. The Hall–Kier alpha value is -0.490. The van der Waals surface area contributed by atoms with Crippen molar-refractivity contribution in [2.75, 3.05) is 0 Å². The van der Waals surface area contributed by atoms with Crippen LogP contribution < -0.4 is 0 Å². The molecule has 0 fully saturated rings. The van der Waals surface area contributed by atoms with Crippen molar-refractivity contribution in [1.82, 2.24) is 0 Å². The van der Waals surface area contributed by atoms with Crippen LogP contribution in [-0.2, 0) is 0 Å². The molecule has 0 unspecified atom stereocenters. The molecule has 0 amide bonds. The summed E-state index contributed by atoms with van der Waals surface area (Å²) in [6.45, 7) is 4.41. The minimum Gasteiger partial charge on any atom is -0.0847 e. The molecule has 0 spiro atoms. The number of hydrogen-bond donors (Lipinski definition) is 0. The van der Waals surface area contributed by atoms with E-state index in [1.165, 1.54) is 5.57 Å². The van der Waals surface area contributed by atoms with Crippen molar-refractivity contribution in [2.24, 2.45) is 5.92 Å². The Bertz CT molecular complexity index is 231. The van der Waals surface area contributed by atoms with E-state index in [1.54, 1.807) is 0 Å². The van der Waals surface area contributed by atoms with Gasteiger partial charge in [-0.15, -0.1) is 0 Å². The lowest BCUT2D eigenvalue weighted by Crippen LogP contribution is -1.91. The molecular formula is C11H15Cl. The van der Waals surface area contributed by atoms with Crippen LogP contribution >= 0.6 is 11.6 Å². The van der Waals surface area contributed by atoms with Gasteiger partial charge in [-0.2, -0.15) is 0 Å².